The summed E-state index contributed by atoms with van der Waals surface area (Å²) in [6, 6.07) is 8.28. The topological polar surface area (TPSA) is 45.7 Å². The molecule has 120 valence electrons. The van der Waals surface area contributed by atoms with E-state index in [9.17, 15) is 0 Å². The van der Waals surface area contributed by atoms with E-state index in [1.807, 2.05) is 12.1 Å². The summed E-state index contributed by atoms with van der Waals surface area (Å²) in [4.78, 5) is 4.57. The third-order valence-corrected chi connectivity index (χ3v) is 3.21. The van der Waals surface area contributed by atoms with E-state index >= 15 is 0 Å². The lowest BCUT2D eigenvalue weighted by Crippen LogP contribution is -2.37. The number of nitrogens with zero attached hydrogens (tertiary/aromatic N) is 1. The Kier molecular flexibility index (Phi) is 11.1. The second-order valence-electron chi connectivity index (χ2n) is 4.75. The van der Waals surface area contributed by atoms with Crippen LogP contribution in [-0.2, 0) is 0 Å². The lowest BCUT2D eigenvalue weighted by molar-refractivity contribution is 0.414. The SMILES string of the molecule is CCNC(=NCCC(C)c1ccc(OC)cc1)NCC.I. The molecule has 0 aliphatic heterocycles. The van der Waals surface area contributed by atoms with Crippen LogP contribution in [0.4, 0.5) is 0 Å². The number of guanidine groups is 1. The minimum absolute atomic E-state index is 0. The molecule has 0 fully saturated rings. The predicted octanol–water partition coefficient (Wildman–Crippen LogP) is 3.38. The summed E-state index contributed by atoms with van der Waals surface area (Å²) >= 11 is 0. The molecule has 1 aromatic rings. The zero-order chi connectivity index (χ0) is 14.8. The van der Waals surface area contributed by atoms with Crippen LogP contribution >= 0.6 is 24.0 Å². The van der Waals surface area contributed by atoms with Crippen LogP contribution in [0.3, 0.4) is 0 Å². The summed E-state index contributed by atoms with van der Waals surface area (Å²) in [5.41, 5.74) is 1.33. The zero-order valence-corrected chi connectivity index (χ0v) is 15.8. The summed E-state index contributed by atoms with van der Waals surface area (Å²) < 4.78 is 5.18. The minimum Gasteiger partial charge on any atom is -0.497 e. The van der Waals surface area contributed by atoms with Crippen LogP contribution in [0.2, 0.25) is 0 Å². The van der Waals surface area contributed by atoms with Crippen LogP contribution in [-0.4, -0.2) is 32.7 Å². The Balaban J connectivity index is 0.00000400. The standard InChI is InChI=1S/C16H27N3O.HI/c1-5-17-16(18-6-2)19-12-11-13(3)14-7-9-15(20-4)10-8-14;/h7-10,13H,5-6,11-12H2,1-4H3,(H2,17,18,19);1H. The summed E-state index contributed by atoms with van der Waals surface area (Å²) in [5, 5.41) is 6.47. The first-order valence-corrected chi connectivity index (χ1v) is 7.37. The number of ether oxygens (including phenoxy) is 1. The van der Waals surface area contributed by atoms with Crippen molar-refractivity contribution in [3.63, 3.8) is 0 Å². The van der Waals surface area contributed by atoms with Crippen molar-refractivity contribution < 1.29 is 4.74 Å². The number of hydrogen-bond donors (Lipinski definition) is 2. The van der Waals surface area contributed by atoms with Gasteiger partial charge < -0.3 is 15.4 Å². The van der Waals surface area contributed by atoms with Gasteiger partial charge in [0.25, 0.3) is 0 Å². The molecule has 0 heterocycles. The van der Waals surface area contributed by atoms with E-state index in [4.69, 9.17) is 4.74 Å². The maximum atomic E-state index is 5.18. The normalized spacial score (nSPS) is 11.0. The molecule has 1 unspecified atom stereocenters. The molecule has 21 heavy (non-hydrogen) atoms. The average molecular weight is 405 g/mol. The van der Waals surface area contributed by atoms with Crippen molar-refractivity contribution in [2.45, 2.75) is 33.1 Å². The number of halogens is 1. The van der Waals surface area contributed by atoms with Gasteiger partial charge in [-0.2, -0.15) is 0 Å². The van der Waals surface area contributed by atoms with Crippen molar-refractivity contribution in [2.24, 2.45) is 4.99 Å². The van der Waals surface area contributed by atoms with Gasteiger partial charge in [0.15, 0.2) is 5.96 Å². The molecule has 2 N–H and O–H groups in total. The van der Waals surface area contributed by atoms with Crippen LogP contribution in [0.5, 0.6) is 5.75 Å². The number of nitrogens with one attached hydrogen (secondary N) is 2. The van der Waals surface area contributed by atoms with Gasteiger partial charge in [0.1, 0.15) is 5.75 Å². The van der Waals surface area contributed by atoms with Crippen LogP contribution in [0.1, 0.15) is 38.7 Å². The quantitative estimate of drug-likeness (QED) is 0.415. The molecule has 5 heteroatoms. The van der Waals surface area contributed by atoms with E-state index in [1.165, 1.54) is 5.56 Å². The van der Waals surface area contributed by atoms with E-state index in [0.29, 0.717) is 5.92 Å². The number of aliphatic imine (C=N–C) groups is 1. The van der Waals surface area contributed by atoms with Crippen LogP contribution in [0.25, 0.3) is 0 Å². The van der Waals surface area contributed by atoms with E-state index in [2.05, 4.69) is 48.5 Å². The van der Waals surface area contributed by atoms with Gasteiger partial charge >= 0.3 is 0 Å². The van der Waals surface area contributed by atoms with Crippen LogP contribution in [0.15, 0.2) is 29.3 Å². The lowest BCUT2D eigenvalue weighted by Gasteiger charge is -2.13. The highest BCUT2D eigenvalue weighted by molar-refractivity contribution is 14.0. The average Bonchev–Trinajstić information content (AvgIpc) is 2.47. The monoisotopic (exact) mass is 405 g/mol. The van der Waals surface area contributed by atoms with Gasteiger partial charge in [-0.05, 0) is 43.9 Å². The molecule has 1 rings (SSSR count). The first-order chi connectivity index (χ1) is 9.71. The molecule has 0 radical (unpaired) electrons. The Labute approximate surface area is 145 Å². The van der Waals surface area contributed by atoms with Crippen molar-refractivity contribution in [3.05, 3.63) is 29.8 Å². The molecular weight excluding hydrogens is 377 g/mol. The molecular formula is C16H28IN3O. The molecule has 0 aromatic heterocycles. The largest absolute Gasteiger partial charge is 0.497 e. The molecule has 4 nitrogen and oxygen atoms in total. The fourth-order valence-electron chi connectivity index (χ4n) is 1.98. The second kappa shape index (κ2) is 11.7. The maximum absolute atomic E-state index is 5.18. The Morgan fingerprint density at radius 2 is 1.71 bits per heavy atom. The molecule has 0 saturated heterocycles. The highest BCUT2D eigenvalue weighted by Gasteiger charge is 2.05. The van der Waals surface area contributed by atoms with Crippen molar-refractivity contribution in [1.82, 2.24) is 10.6 Å². The Bertz CT molecular complexity index is 398. The van der Waals surface area contributed by atoms with E-state index < -0.39 is 0 Å². The van der Waals surface area contributed by atoms with E-state index in [0.717, 1.165) is 37.8 Å². The molecule has 0 aliphatic rings. The molecule has 1 atom stereocenters. The van der Waals surface area contributed by atoms with Crippen LogP contribution < -0.4 is 15.4 Å². The smallest absolute Gasteiger partial charge is 0.191 e. The predicted molar refractivity (Wildman–Crippen MR) is 101 cm³/mol. The molecule has 1 aromatic carbocycles. The highest BCUT2D eigenvalue weighted by atomic mass is 127. The van der Waals surface area contributed by atoms with Crippen molar-refractivity contribution in [2.75, 3.05) is 26.7 Å². The number of methoxy groups -OCH3 is 1. The fourth-order valence-corrected chi connectivity index (χ4v) is 1.98. The first-order valence-electron chi connectivity index (χ1n) is 7.37. The van der Waals surface area contributed by atoms with Crippen molar-refractivity contribution >= 4 is 29.9 Å². The van der Waals surface area contributed by atoms with Gasteiger partial charge in [-0.1, -0.05) is 19.1 Å². The number of hydrogen-bond acceptors (Lipinski definition) is 2. The van der Waals surface area contributed by atoms with Gasteiger partial charge in [0, 0.05) is 19.6 Å². The second-order valence-corrected chi connectivity index (χ2v) is 4.75. The summed E-state index contributed by atoms with van der Waals surface area (Å²) in [5.74, 6) is 2.30. The Morgan fingerprint density at radius 3 is 2.19 bits per heavy atom. The van der Waals surface area contributed by atoms with Gasteiger partial charge in [-0.15, -0.1) is 24.0 Å². The van der Waals surface area contributed by atoms with Gasteiger partial charge in [0.05, 0.1) is 7.11 Å². The summed E-state index contributed by atoms with van der Waals surface area (Å²) in [7, 11) is 1.69. The third kappa shape index (κ3) is 7.55. The van der Waals surface area contributed by atoms with Gasteiger partial charge in [0.2, 0.25) is 0 Å². The van der Waals surface area contributed by atoms with Crippen molar-refractivity contribution in [3.8, 4) is 5.75 Å². The molecule has 0 aliphatic carbocycles. The maximum Gasteiger partial charge on any atom is 0.191 e. The number of rotatable bonds is 7. The fraction of sp³-hybridized carbons (Fsp3) is 0.562. The summed E-state index contributed by atoms with van der Waals surface area (Å²) in [6.07, 6.45) is 1.03. The van der Waals surface area contributed by atoms with E-state index in [-0.39, 0.29) is 24.0 Å². The van der Waals surface area contributed by atoms with E-state index in [1.54, 1.807) is 7.11 Å². The zero-order valence-electron chi connectivity index (χ0n) is 13.5. The number of benzene rings is 1. The molecule has 0 spiro atoms. The Morgan fingerprint density at radius 1 is 1.14 bits per heavy atom. The third-order valence-electron chi connectivity index (χ3n) is 3.21. The van der Waals surface area contributed by atoms with Gasteiger partial charge in [-0.3, -0.25) is 4.99 Å². The van der Waals surface area contributed by atoms with Gasteiger partial charge in [-0.25, -0.2) is 0 Å². The lowest BCUT2D eigenvalue weighted by atomic mass is 9.98. The van der Waals surface area contributed by atoms with Crippen molar-refractivity contribution in [1.29, 1.82) is 0 Å². The highest BCUT2D eigenvalue weighted by Crippen LogP contribution is 2.21. The first kappa shape index (κ1) is 20.0. The van der Waals surface area contributed by atoms with Crippen LogP contribution in [0, 0.1) is 0 Å². The molecule has 0 saturated carbocycles. The molecule has 0 bridgehead atoms. The summed E-state index contributed by atoms with van der Waals surface area (Å²) in [6.45, 7) is 8.99. The Hall–Kier alpha value is -0.980. The minimum atomic E-state index is 0. The molecule has 0 amide bonds.